The Kier molecular flexibility index (Phi) is 8.69. The maximum Gasteiger partial charge on any atom is 0.345 e. The zero-order chi connectivity index (χ0) is 22.2. The Morgan fingerprint density at radius 3 is 2.58 bits per heavy atom. The van der Waals surface area contributed by atoms with E-state index in [1.165, 1.54) is 0 Å². The quantitative estimate of drug-likeness (QED) is 0.547. The zero-order valence-electron chi connectivity index (χ0n) is 17.6. The van der Waals surface area contributed by atoms with Crippen molar-refractivity contribution >= 4 is 22.8 Å². The second-order valence-electron chi connectivity index (χ2n) is 7.42. The molecule has 1 aliphatic heterocycles. The first kappa shape index (κ1) is 23.5. The van der Waals surface area contributed by atoms with Crippen LogP contribution in [-0.2, 0) is 22.5 Å². The van der Waals surface area contributed by atoms with Crippen molar-refractivity contribution in [2.75, 3.05) is 23.8 Å². The van der Waals surface area contributed by atoms with Crippen molar-refractivity contribution in [2.24, 2.45) is 0 Å². The number of carbonyl (C=O) groups is 1. The summed E-state index contributed by atoms with van der Waals surface area (Å²) in [6, 6.07) is 14.9. The second-order valence-corrected chi connectivity index (χ2v) is 9.16. The molecule has 2 aromatic rings. The van der Waals surface area contributed by atoms with Crippen molar-refractivity contribution in [1.29, 1.82) is 0 Å². The highest BCUT2D eigenvalue weighted by Gasteiger charge is 2.25. The molecule has 1 fully saturated rings. The van der Waals surface area contributed by atoms with Crippen molar-refractivity contribution < 1.29 is 22.9 Å². The summed E-state index contributed by atoms with van der Waals surface area (Å²) in [5.74, 6) is 0.407. The third-order valence-electron chi connectivity index (χ3n) is 5.43. The van der Waals surface area contributed by atoms with Gasteiger partial charge in [0.05, 0.1) is 6.61 Å². The van der Waals surface area contributed by atoms with Crippen LogP contribution in [0.25, 0.3) is 0 Å². The number of rotatable bonds is 10. The summed E-state index contributed by atoms with van der Waals surface area (Å²) in [6.07, 6.45) is 2.50. The highest BCUT2D eigenvalue weighted by atomic mass is 32.2. The van der Waals surface area contributed by atoms with Gasteiger partial charge in [-0.15, -0.1) is 0 Å². The van der Waals surface area contributed by atoms with Crippen molar-refractivity contribution in [3.63, 3.8) is 0 Å². The number of amides is 1. The molecule has 31 heavy (non-hydrogen) atoms. The second kappa shape index (κ2) is 11.5. The SMILES string of the molecule is CC[S+]([O-])c1ccc(CNC(=O)c2ccc(N3CCC[C@H]3CCOC(F)F)cc2)cc1. The van der Waals surface area contributed by atoms with Crippen LogP contribution in [0.5, 0.6) is 0 Å². The zero-order valence-corrected chi connectivity index (χ0v) is 18.4. The lowest BCUT2D eigenvalue weighted by Crippen LogP contribution is -2.30. The lowest BCUT2D eigenvalue weighted by Gasteiger charge is -2.27. The third-order valence-corrected chi connectivity index (χ3v) is 6.76. The van der Waals surface area contributed by atoms with Gasteiger partial charge in [0, 0.05) is 30.4 Å². The topological polar surface area (TPSA) is 64.6 Å². The van der Waals surface area contributed by atoms with Crippen molar-refractivity contribution in [3.05, 3.63) is 59.7 Å². The Labute approximate surface area is 185 Å². The molecule has 2 atom stereocenters. The van der Waals surface area contributed by atoms with Gasteiger partial charge in [0.25, 0.3) is 5.91 Å². The normalized spacial score (nSPS) is 17.2. The largest absolute Gasteiger partial charge is 0.611 e. The summed E-state index contributed by atoms with van der Waals surface area (Å²) in [5.41, 5.74) is 2.48. The average molecular weight is 451 g/mol. The molecule has 0 aliphatic carbocycles. The van der Waals surface area contributed by atoms with Crippen LogP contribution in [0.15, 0.2) is 53.4 Å². The summed E-state index contributed by atoms with van der Waals surface area (Å²) >= 11 is -0.983. The van der Waals surface area contributed by atoms with Crippen LogP contribution >= 0.6 is 0 Å². The molecular formula is C23H28F2N2O3S. The number of benzene rings is 2. The molecule has 0 bridgehead atoms. The summed E-state index contributed by atoms with van der Waals surface area (Å²) in [4.78, 5) is 15.5. The minimum Gasteiger partial charge on any atom is -0.611 e. The van der Waals surface area contributed by atoms with Gasteiger partial charge >= 0.3 is 6.61 Å². The van der Waals surface area contributed by atoms with E-state index in [9.17, 15) is 18.1 Å². The van der Waals surface area contributed by atoms with Gasteiger partial charge in [0.15, 0.2) is 4.90 Å². The van der Waals surface area contributed by atoms with Crippen LogP contribution in [0.4, 0.5) is 14.5 Å². The third kappa shape index (κ3) is 6.66. The molecule has 1 heterocycles. The molecule has 2 aromatic carbocycles. The molecule has 8 heteroatoms. The van der Waals surface area contributed by atoms with E-state index < -0.39 is 17.8 Å². The van der Waals surface area contributed by atoms with Gasteiger partial charge in [-0.05, 0) is 79.3 Å². The molecule has 0 radical (unpaired) electrons. The van der Waals surface area contributed by atoms with Gasteiger partial charge in [-0.2, -0.15) is 8.78 Å². The molecule has 1 amide bonds. The molecule has 1 N–H and O–H groups in total. The Bertz CT molecular complexity index is 834. The molecular weight excluding hydrogens is 422 g/mol. The number of hydrogen-bond donors (Lipinski definition) is 1. The van der Waals surface area contributed by atoms with Crippen molar-refractivity contribution in [2.45, 2.75) is 50.3 Å². The van der Waals surface area contributed by atoms with Gasteiger partial charge in [0.1, 0.15) is 5.75 Å². The number of hydrogen-bond acceptors (Lipinski definition) is 4. The monoisotopic (exact) mass is 450 g/mol. The lowest BCUT2D eigenvalue weighted by molar-refractivity contribution is -0.129. The van der Waals surface area contributed by atoms with Gasteiger partial charge in [-0.1, -0.05) is 12.1 Å². The number of nitrogens with zero attached hydrogens (tertiary/aromatic N) is 1. The first-order valence-electron chi connectivity index (χ1n) is 10.5. The number of halogens is 2. The van der Waals surface area contributed by atoms with E-state index >= 15 is 0 Å². The molecule has 1 unspecified atom stereocenters. The minimum absolute atomic E-state index is 0.0364. The Balaban J connectivity index is 1.52. The molecule has 5 nitrogen and oxygen atoms in total. The Morgan fingerprint density at radius 2 is 1.94 bits per heavy atom. The summed E-state index contributed by atoms with van der Waals surface area (Å²) in [6.45, 7) is 0.434. The smallest absolute Gasteiger partial charge is 0.345 e. The van der Waals surface area contributed by atoms with Gasteiger partial charge in [-0.3, -0.25) is 4.79 Å². The maximum absolute atomic E-state index is 12.5. The van der Waals surface area contributed by atoms with Crippen LogP contribution in [0.2, 0.25) is 0 Å². The number of ether oxygens (including phenoxy) is 1. The minimum atomic E-state index is -2.73. The van der Waals surface area contributed by atoms with Gasteiger partial charge in [0.2, 0.25) is 0 Å². The average Bonchev–Trinajstić information content (AvgIpc) is 3.25. The standard InChI is InChI=1S/C23H28F2N2O3S/c1-2-31(29)21-11-5-17(6-12-21)16-26-22(28)18-7-9-20(10-8-18)27-14-3-4-19(27)13-15-30-23(24)25/h5-12,19,23H,2-4,13-16H2,1H3,(H,26,28)/t19-,31?/m0/s1. The number of anilines is 1. The predicted octanol–water partition coefficient (Wildman–Crippen LogP) is 4.34. The fourth-order valence-electron chi connectivity index (χ4n) is 3.78. The van der Waals surface area contributed by atoms with E-state index in [0.29, 0.717) is 24.3 Å². The fourth-order valence-corrected chi connectivity index (χ4v) is 4.56. The summed E-state index contributed by atoms with van der Waals surface area (Å²) in [5, 5.41) is 2.90. The Hall–Kier alpha value is -2.16. The highest BCUT2D eigenvalue weighted by Crippen LogP contribution is 2.27. The van der Waals surface area contributed by atoms with E-state index in [0.717, 1.165) is 35.5 Å². The fraction of sp³-hybridized carbons (Fsp3) is 0.435. The lowest BCUT2D eigenvalue weighted by atomic mass is 10.1. The van der Waals surface area contributed by atoms with E-state index in [1.54, 1.807) is 12.1 Å². The highest BCUT2D eigenvalue weighted by molar-refractivity contribution is 7.91. The van der Waals surface area contributed by atoms with Gasteiger partial charge < -0.3 is 19.5 Å². The van der Waals surface area contributed by atoms with Crippen LogP contribution in [0, 0.1) is 0 Å². The van der Waals surface area contributed by atoms with Crippen LogP contribution in [0.3, 0.4) is 0 Å². The molecule has 3 rings (SSSR count). The molecule has 0 spiro atoms. The molecule has 0 aromatic heterocycles. The summed E-state index contributed by atoms with van der Waals surface area (Å²) in [7, 11) is 0. The number of alkyl halides is 2. The van der Waals surface area contributed by atoms with Crippen molar-refractivity contribution in [1.82, 2.24) is 5.32 Å². The number of nitrogens with one attached hydrogen (secondary N) is 1. The Morgan fingerprint density at radius 1 is 1.23 bits per heavy atom. The van der Waals surface area contributed by atoms with Crippen LogP contribution in [0.1, 0.15) is 42.1 Å². The predicted molar refractivity (Wildman–Crippen MR) is 118 cm³/mol. The van der Waals surface area contributed by atoms with Crippen molar-refractivity contribution in [3.8, 4) is 0 Å². The van der Waals surface area contributed by atoms with E-state index in [4.69, 9.17) is 0 Å². The molecule has 1 saturated heterocycles. The first-order valence-corrected chi connectivity index (χ1v) is 11.8. The van der Waals surface area contributed by atoms with E-state index in [-0.39, 0.29) is 18.6 Å². The molecule has 1 aliphatic rings. The summed E-state index contributed by atoms with van der Waals surface area (Å²) < 4.78 is 40.6. The van der Waals surface area contributed by atoms with Crippen LogP contribution in [-0.4, -0.2) is 42.0 Å². The number of carbonyl (C=O) groups excluding carboxylic acids is 1. The van der Waals surface area contributed by atoms with E-state index in [1.807, 2.05) is 43.3 Å². The molecule has 168 valence electrons. The van der Waals surface area contributed by atoms with Gasteiger partial charge in [-0.25, -0.2) is 0 Å². The van der Waals surface area contributed by atoms with E-state index in [2.05, 4.69) is 15.0 Å². The molecule has 0 saturated carbocycles. The maximum atomic E-state index is 12.5. The first-order chi connectivity index (χ1) is 15.0. The van der Waals surface area contributed by atoms with Crippen LogP contribution < -0.4 is 10.2 Å².